The summed E-state index contributed by atoms with van der Waals surface area (Å²) in [4.78, 5) is 0. The molecule has 0 aliphatic heterocycles. The SMILES string of the molecule is CCC(CC)(OCCOCCOCCOC)C(C)C. The summed E-state index contributed by atoms with van der Waals surface area (Å²) in [7, 11) is 1.67. The van der Waals surface area contributed by atoms with Crippen molar-refractivity contribution in [2.45, 2.75) is 46.1 Å². The Morgan fingerprint density at radius 1 is 0.789 bits per heavy atom. The largest absolute Gasteiger partial charge is 0.382 e. The highest BCUT2D eigenvalue weighted by Crippen LogP contribution is 2.29. The number of methoxy groups -OCH3 is 1. The van der Waals surface area contributed by atoms with Gasteiger partial charge in [-0.1, -0.05) is 27.7 Å². The molecule has 19 heavy (non-hydrogen) atoms. The quantitative estimate of drug-likeness (QED) is 0.485. The summed E-state index contributed by atoms with van der Waals surface area (Å²) in [6.45, 7) is 12.6. The molecule has 0 heterocycles. The first-order chi connectivity index (χ1) is 9.13. The molecule has 0 unspecified atom stereocenters. The molecule has 0 aliphatic rings. The zero-order chi connectivity index (χ0) is 14.6. The fourth-order valence-corrected chi connectivity index (χ4v) is 2.21. The minimum atomic E-state index is -0.00166. The number of hydrogen-bond donors (Lipinski definition) is 0. The van der Waals surface area contributed by atoms with Crippen LogP contribution in [0, 0.1) is 5.92 Å². The molecular formula is C15H32O4. The van der Waals surface area contributed by atoms with Gasteiger partial charge in [0.05, 0.1) is 45.2 Å². The van der Waals surface area contributed by atoms with Crippen LogP contribution in [0.15, 0.2) is 0 Å². The summed E-state index contributed by atoms with van der Waals surface area (Å²) < 4.78 is 21.7. The molecule has 0 saturated heterocycles. The lowest BCUT2D eigenvalue weighted by atomic mass is 9.85. The average molecular weight is 276 g/mol. The van der Waals surface area contributed by atoms with Crippen LogP contribution in [0.1, 0.15) is 40.5 Å². The van der Waals surface area contributed by atoms with Crippen molar-refractivity contribution < 1.29 is 18.9 Å². The van der Waals surface area contributed by atoms with E-state index in [1.54, 1.807) is 7.11 Å². The van der Waals surface area contributed by atoms with Gasteiger partial charge in [0.15, 0.2) is 0 Å². The van der Waals surface area contributed by atoms with E-state index < -0.39 is 0 Å². The van der Waals surface area contributed by atoms with Crippen LogP contribution < -0.4 is 0 Å². The van der Waals surface area contributed by atoms with E-state index in [-0.39, 0.29) is 5.60 Å². The minimum Gasteiger partial charge on any atom is -0.382 e. The van der Waals surface area contributed by atoms with Crippen LogP contribution in [-0.4, -0.2) is 52.4 Å². The molecule has 0 aromatic carbocycles. The third kappa shape index (κ3) is 7.88. The smallest absolute Gasteiger partial charge is 0.0708 e. The van der Waals surface area contributed by atoms with E-state index in [9.17, 15) is 0 Å². The molecule has 0 fully saturated rings. The van der Waals surface area contributed by atoms with E-state index in [1.807, 2.05) is 0 Å². The normalized spacial score (nSPS) is 12.3. The van der Waals surface area contributed by atoms with Gasteiger partial charge in [-0.05, 0) is 18.8 Å². The van der Waals surface area contributed by atoms with Crippen molar-refractivity contribution in [2.75, 3.05) is 46.8 Å². The van der Waals surface area contributed by atoms with Crippen molar-refractivity contribution in [1.82, 2.24) is 0 Å². The Morgan fingerprint density at radius 2 is 1.26 bits per heavy atom. The van der Waals surface area contributed by atoms with Crippen molar-refractivity contribution in [3.05, 3.63) is 0 Å². The summed E-state index contributed by atoms with van der Waals surface area (Å²) in [6, 6.07) is 0. The van der Waals surface area contributed by atoms with Crippen molar-refractivity contribution >= 4 is 0 Å². The van der Waals surface area contributed by atoms with Gasteiger partial charge in [0.2, 0.25) is 0 Å². The van der Waals surface area contributed by atoms with Crippen LogP contribution in [0.25, 0.3) is 0 Å². The second-order valence-electron chi connectivity index (χ2n) is 4.99. The van der Waals surface area contributed by atoms with Crippen LogP contribution in [-0.2, 0) is 18.9 Å². The molecule has 0 amide bonds. The molecule has 0 aliphatic carbocycles. The maximum absolute atomic E-state index is 6.05. The van der Waals surface area contributed by atoms with E-state index in [4.69, 9.17) is 18.9 Å². The van der Waals surface area contributed by atoms with Crippen molar-refractivity contribution in [2.24, 2.45) is 5.92 Å². The molecule has 0 aromatic rings. The zero-order valence-corrected chi connectivity index (χ0v) is 13.4. The average Bonchev–Trinajstić information content (AvgIpc) is 2.41. The lowest BCUT2D eigenvalue weighted by Gasteiger charge is -2.36. The van der Waals surface area contributed by atoms with Crippen LogP contribution >= 0.6 is 0 Å². The van der Waals surface area contributed by atoms with Gasteiger partial charge < -0.3 is 18.9 Å². The molecule has 4 heteroatoms. The molecule has 0 bridgehead atoms. The van der Waals surface area contributed by atoms with Gasteiger partial charge in [-0.15, -0.1) is 0 Å². The predicted molar refractivity (Wildman–Crippen MR) is 77.6 cm³/mol. The predicted octanol–water partition coefficient (Wildman–Crippen LogP) is 2.90. The second kappa shape index (κ2) is 11.6. The maximum Gasteiger partial charge on any atom is 0.0708 e. The van der Waals surface area contributed by atoms with Crippen LogP contribution in [0.3, 0.4) is 0 Å². The third-order valence-corrected chi connectivity index (χ3v) is 3.67. The Bertz CT molecular complexity index is 191. The fourth-order valence-electron chi connectivity index (χ4n) is 2.21. The summed E-state index contributed by atoms with van der Waals surface area (Å²) in [5.74, 6) is 0.528. The molecule has 0 N–H and O–H groups in total. The Labute approximate surface area is 118 Å². The van der Waals surface area contributed by atoms with E-state index in [1.165, 1.54) is 0 Å². The van der Waals surface area contributed by atoms with Gasteiger partial charge in [-0.2, -0.15) is 0 Å². The third-order valence-electron chi connectivity index (χ3n) is 3.67. The van der Waals surface area contributed by atoms with Gasteiger partial charge in [0.25, 0.3) is 0 Å². The number of rotatable bonds is 13. The van der Waals surface area contributed by atoms with Crippen molar-refractivity contribution in [3.8, 4) is 0 Å². The molecule has 0 saturated carbocycles. The zero-order valence-electron chi connectivity index (χ0n) is 13.4. The van der Waals surface area contributed by atoms with Gasteiger partial charge >= 0.3 is 0 Å². The summed E-state index contributed by atoms with van der Waals surface area (Å²) >= 11 is 0. The van der Waals surface area contributed by atoms with Crippen LogP contribution in [0.5, 0.6) is 0 Å². The first-order valence-corrected chi connectivity index (χ1v) is 7.41. The first-order valence-electron chi connectivity index (χ1n) is 7.41. The Balaban J connectivity index is 3.56. The maximum atomic E-state index is 6.05. The topological polar surface area (TPSA) is 36.9 Å². The number of ether oxygens (including phenoxy) is 4. The molecule has 0 aromatic heterocycles. The van der Waals surface area contributed by atoms with E-state index in [0.717, 1.165) is 12.8 Å². The van der Waals surface area contributed by atoms with E-state index >= 15 is 0 Å². The lowest BCUT2D eigenvalue weighted by molar-refractivity contribution is -0.102. The number of hydrogen-bond acceptors (Lipinski definition) is 4. The molecular weight excluding hydrogens is 244 g/mol. The fraction of sp³-hybridized carbons (Fsp3) is 1.00. The Morgan fingerprint density at radius 3 is 1.68 bits per heavy atom. The van der Waals surface area contributed by atoms with Crippen molar-refractivity contribution in [3.63, 3.8) is 0 Å². The second-order valence-corrected chi connectivity index (χ2v) is 4.99. The summed E-state index contributed by atoms with van der Waals surface area (Å²) in [6.07, 6.45) is 2.09. The summed E-state index contributed by atoms with van der Waals surface area (Å²) in [5.41, 5.74) is -0.00166. The first kappa shape index (κ1) is 18.8. The molecule has 0 atom stereocenters. The van der Waals surface area contributed by atoms with E-state index in [0.29, 0.717) is 45.6 Å². The minimum absolute atomic E-state index is 0.00166. The van der Waals surface area contributed by atoms with Gasteiger partial charge in [0.1, 0.15) is 0 Å². The monoisotopic (exact) mass is 276 g/mol. The van der Waals surface area contributed by atoms with Crippen LogP contribution in [0.2, 0.25) is 0 Å². The van der Waals surface area contributed by atoms with Crippen LogP contribution in [0.4, 0.5) is 0 Å². The van der Waals surface area contributed by atoms with Gasteiger partial charge in [0, 0.05) is 7.11 Å². The molecule has 4 nitrogen and oxygen atoms in total. The highest BCUT2D eigenvalue weighted by molar-refractivity contribution is 4.81. The van der Waals surface area contributed by atoms with E-state index in [2.05, 4.69) is 27.7 Å². The molecule has 0 radical (unpaired) electrons. The molecule has 0 rings (SSSR count). The lowest BCUT2D eigenvalue weighted by Crippen LogP contribution is -2.38. The van der Waals surface area contributed by atoms with Crippen molar-refractivity contribution in [1.29, 1.82) is 0 Å². The summed E-state index contributed by atoms with van der Waals surface area (Å²) in [5, 5.41) is 0. The molecule has 116 valence electrons. The Hall–Kier alpha value is -0.160. The molecule has 0 spiro atoms. The van der Waals surface area contributed by atoms with Gasteiger partial charge in [-0.25, -0.2) is 0 Å². The van der Waals surface area contributed by atoms with Gasteiger partial charge in [-0.3, -0.25) is 0 Å². The highest BCUT2D eigenvalue weighted by atomic mass is 16.6. The standard InChI is InChI=1S/C15H32O4/c1-6-15(7-2,14(3)4)19-13-12-18-11-10-17-9-8-16-5/h14H,6-13H2,1-5H3. The highest BCUT2D eigenvalue weighted by Gasteiger charge is 2.30. The Kier molecular flexibility index (Phi) is 11.6.